The lowest BCUT2D eigenvalue weighted by atomic mass is 10.0. The monoisotopic (exact) mass is 604 g/mol. The maximum absolute atomic E-state index is 9.35. The number of hydrogen-bond donors (Lipinski definition) is 0. The summed E-state index contributed by atoms with van der Waals surface area (Å²) in [5.41, 5.74) is 10.2. The van der Waals surface area contributed by atoms with Crippen molar-refractivity contribution >= 4 is 53.4 Å². The van der Waals surface area contributed by atoms with Gasteiger partial charge in [-0.2, -0.15) is 5.26 Å². The summed E-state index contributed by atoms with van der Waals surface area (Å²) < 4.78 is 4.62. The predicted octanol–water partition coefficient (Wildman–Crippen LogP) is 10.8. The number of nitriles is 1. The minimum Gasteiger partial charge on any atom is -0.309 e. The summed E-state index contributed by atoms with van der Waals surface area (Å²) in [6.07, 6.45) is 0. The minimum absolute atomic E-state index is 0.612. The molecule has 0 bridgehead atoms. The Labute approximate surface area is 269 Å². The second kappa shape index (κ2) is 10.5. The van der Waals surface area contributed by atoms with Crippen LogP contribution < -0.4 is 0 Å². The van der Waals surface area contributed by atoms with Gasteiger partial charge in [-0.15, -0.1) is 11.3 Å². The lowest BCUT2D eigenvalue weighted by Gasteiger charge is -2.14. The molecule has 0 radical (unpaired) electrons. The van der Waals surface area contributed by atoms with E-state index < -0.39 is 0 Å². The molecular weight excluding hydrogens is 581 g/mol. The summed E-state index contributed by atoms with van der Waals surface area (Å²) in [7, 11) is 0. The summed E-state index contributed by atoms with van der Waals surface area (Å²) in [5, 5.41) is 12.9. The second-order valence-corrected chi connectivity index (χ2v) is 12.3. The van der Waals surface area contributed by atoms with E-state index in [2.05, 4.69) is 114 Å². The van der Waals surface area contributed by atoms with Crippen LogP contribution >= 0.6 is 11.3 Å². The molecule has 3 aromatic heterocycles. The average molecular weight is 605 g/mol. The number of hydrogen-bond acceptors (Lipinski definition) is 4. The normalized spacial score (nSPS) is 11.5. The molecule has 0 aliphatic rings. The average Bonchev–Trinajstić information content (AvgIpc) is 3.68. The highest BCUT2D eigenvalue weighted by Gasteiger charge is 2.21. The smallest absolute Gasteiger partial charge is 0.160 e. The van der Waals surface area contributed by atoms with Crippen molar-refractivity contribution in [2.75, 3.05) is 0 Å². The molecule has 3 heterocycles. The van der Waals surface area contributed by atoms with Gasteiger partial charge >= 0.3 is 0 Å². The van der Waals surface area contributed by atoms with Crippen molar-refractivity contribution in [3.63, 3.8) is 0 Å². The minimum atomic E-state index is 0.612. The van der Waals surface area contributed by atoms with Crippen molar-refractivity contribution in [2.45, 2.75) is 0 Å². The van der Waals surface area contributed by atoms with E-state index in [1.807, 2.05) is 42.5 Å². The van der Waals surface area contributed by atoms with E-state index in [9.17, 15) is 5.26 Å². The van der Waals surface area contributed by atoms with Gasteiger partial charge < -0.3 is 4.57 Å². The molecule has 0 unspecified atom stereocenters. The van der Waals surface area contributed by atoms with Crippen molar-refractivity contribution in [3.05, 3.63) is 151 Å². The zero-order valence-electron chi connectivity index (χ0n) is 24.6. The molecular formula is C41H24N4S. The van der Waals surface area contributed by atoms with Crippen LogP contribution in [0.1, 0.15) is 5.56 Å². The van der Waals surface area contributed by atoms with Gasteiger partial charge in [-0.1, -0.05) is 103 Å². The van der Waals surface area contributed by atoms with E-state index in [0.29, 0.717) is 11.4 Å². The van der Waals surface area contributed by atoms with E-state index in [0.717, 1.165) is 49.2 Å². The fourth-order valence-electron chi connectivity index (χ4n) is 6.57. The summed E-state index contributed by atoms with van der Waals surface area (Å²) in [4.78, 5) is 10.3. The van der Waals surface area contributed by atoms with Crippen LogP contribution in [-0.2, 0) is 0 Å². The Kier molecular flexibility index (Phi) is 6.02. The van der Waals surface area contributed by atoms with Crippen LogP contribution in [0.15, 0.2) is 146 Å². The van der Waals surface area contributed by atoms with Crippen molar-refractivity contribution < 1.29 is 0 Å². The molecule has 0 fully saturated rings. The third kappa shape index (κ3) is 4.05. The number of fused-ring (bicyclic) bond motifs is 6. The van der Waals surface area contributed by atoms with Crippen molar-refractivity contribution in [1.29, 1.82) is 5.26 Å². The molecule has 0 spiro atoms. The lowest BCUT2D eigenvalue weighted by Crippen LogP contribution is -1.97. The quantitative estimate of drug-likeness (QED) is 0.201. The van der Waals surface area contributed by atoms with Crippen LogP contribution in [0.2, 0.25) is 0 Å². The zero-order chi connectivity index (χ0) is 30.6. The maximum Gasteiger partial charge on any atom is 0.160 e. The molecule has 9 aromatic rings. The van der Waals surface area contributed by atoms with Gasteiger partial charge in [-0.25, -0.2) is 9.97 Å². The van der Waals surface area contributed by atoms with Crippen LogP contribution in [0.4, 0.5) is 0 Å². The molecule has 46 heavy (non-hydrogen) atoms. The summed E-state index contributed by atoms with van der Waals surface area (Å²) in [5.74, 6) is 0.645. The molecule has 0 atom stereocenters. The third-order valence-electron chi connectivity index (χ3n) is 8.67. The fraction of sp³-hybridized carbons (Fsp3) is 0. The van der Waals surface area contributed by atoms with E-state index in [-0.39, 0.29) is 0 Å². The Morgan fingerprint density at radius 2 is 1.15 bits per heavy atom. The second-order valence-electron chi connectivity index (χ2n) is 11.3. The molecule has 0 saturated carbocycles. The molecule has 0 aliphatic heterocycles. The Morgan fingerprint density at radius 3 is 1.89 bits per heavy atom. The van der Waals surface area contributed by atoms with Gasteiger partial charge in [0.1, 0.15) is 0 Å². The Bertz CT molecular complexity index is 2590. The Hall–Kier alpha value is -6.09. The molecule has 0 saturated heterocycles. The lowest BCUT2D eigenvalue weighted by molar-refractivity contribution is 1.18. The maximum atomic E-state index is 9.35. The third-order valence-corrected chi connectivity index (χ3v) is 9.91. The van der Waals surface area contributed by atoms with Gasteiger partial charge in [-0.05, 0) is 42.5 Å². The standard InChI is InChI=1S/C41H24N4S/c42-25-26-21-23-28(24-22-26)41-43-37(27-11-2-1-3-12-27)40-38(44-41)33-17-10-16-32(39(33)46-40)31-15-6-9-20-36(31)45-34-18-7-4-13-29(34)30-14-5-8-19-35(30)45/h1-24H. The Balaban J connectivity index is 1.33. The van der Waals surface area contributed by atoms with Crippen molar-refractivity contribution in [3.8, 4) is 45.5 Å². The number of nitrogens with zero attached hydrogens (tertiary/aromatic N) is 4. The molecule has 0 aliphatic carbocycles. The number of aromatic nitrogens is 3. The first-order valence-electron chi connectivity index (χ1n) is 15.2. The molecule has 214 valence electrons. The number of rotatable bonds is 4. The van der Waals surface area contributed by atoms with Gasteiger partial charge in [0, 0.05) is 43.1 Å². The van der Waals surface area contributed by atoms with Crippen LogP contribution in [-0.4, -0.2) is 14.5 Å². The van der Waals surface area contributed by atoms with Gasteiger partial charge in [0.15, 0.2) is 5.82 Å². The SMILES string of the molecule is N#Cc1ccc(-c2nc(-c3ccccc3)c3sc4c(-c5ccccc5-n5c6ccccc6c6ccccc65)cccc4c3n2)cc1. The zero-order valence-corrected chi connectivity index (χ0v) is 25.4. The summed E-state index contributed by atoms with van der Waals surface area (Å²) in [6.45, 7) is 0. The highest BCUT2D eigenvalue weighted by molar-refractivity contribution is 7.26. The van der Waals surface area contributed by atoms with Crippen LogP contribution in [0.3, 0.4) is 0 Å². The number of thiophene rings is 1. The van der Waals surface area contributed by atoms with Crippen LogP contribution in [0, 0.1) is 11.3 Å². The fourth-order valence-corrected chi connectivity index (χ4v) is 7.85. The molecule has 0 amide bonds. The molecule has 6 aromatic carbocycles. The largest absolute Gasteiger partial charge is 0.309 e. The summed E-state index contributed by atoms with van der Waals surface area (Å²) in [6, 6.07) is 52.5. The molecule has 4 nitrogen and oxygen atoms in total. The van der Waals surface area contributed by atoms with Crippen LogP contribution in [0.25, 0.3) is 81.6 Å². The highest BCUT2D eigenvalue weighted by atomic mass is 32.1. The first kappa shape index (κ1) is 26.3. The van der Waals surface area contributed by atoms with Crippen molar-refractivity contribution in [2.24, 2.45) is 0 Å². The van der Waals surface area contributed by atoms with E-state index in [1.165, 1.54) is 26.5 Å². The van der Waals surface area contributed by atoms with Crippen molar-refractivity contribution in [1.82, 2.24) is 14.5 Å². The van der Waals surface area contributed by atoms with Gasteiger partial charge in [0.2, 0.25) is 0 Å². The predicted molar refractivity (Wildman–Crippen MR) is 190 cm³/mol. The Morgan fingerprint density at radius 1 is 0.522 bits per heavy atom. The van der Waals surface area contributed by atoms with E-state index in [4.69, 9.17) is 9.97 Å². The first-order chi connectivity index (χ1) is 22.8. The summed E-state index contributed by atoms with van der Waals surface area (Å²) >= 11 is 1.75. The molecule has 9 rings (SSSR count). The van der Waals surface area contributed by atoms with Gasteiger partial charge in [0.25, 0.3) is 0 Å². The molecule has 0 N–H and O–H groups in total. The van der Waals surface area contributed by atoms with E-state index >= 15 is 0 Å². The van der Waals surface area contributed by atoms with E-state index in [1.54, 1.807) is 11.3 Å². The topological polar surface area (TPSA) is 54.5 Å². The van der Waals surface area contributed by atoms with Gasteiger partial charge in [-0.3, -0.25) is 0 Å². The highest BCUT2D eigenvalue weighted by Crippen LogP contribution is 2.45. The number of para-hydroxylation sites is 3. The first-order valence-corrected chi connectivity index (χ1v) is 16.0. The number of benzene rings is 6. The molecule has 5 heteroatoms. The van der Waals surface area contributed by atoms with Gasteiger partial charge in [0.05, 0.1) is 44.3 Å². The van der Waals surface area contributed by atoms with Crippen LogP contribution in [0.5, 0.6) is 0 Å².